The molecule has 168 valence electrons. The van der Waals surface area contributed by atoms with Gasteiger partial charge in [-0.3, -0.25) is 4.79 Å². The van der Waals surface area contributed by atoms with Crippen molar-refractivity contribution in [3.05, 3.63) is 83.8 Å². The molecule has 0 spiro atoms. The molecule has 2 aromatic carbocycles. The number of amides is 1. The molecule has 4 aromatic rings. The fourth-order valence-corrected chi connectivity index (χ4v) is 4.74. The number of aromatic nitrogens is 2. The minimum Gasteiger partial charge on any atom is -0.459 e. The number of aryl methyl sites for hydroxylation is 2. The van der Waals surface area contributed by atoms with Gasteiger partial charge in [0.2, 0.25) is 0 Å². The van der Waals surface area contributed by atoms with Gasteiger partial charge in [0.05, 0.1) is 24.0 Å². The number of hydrogen-bond acceptors (Lipinski definition) is 3. The molecule has 1 aliphatic rings. The van der Waals surface area contributed by atoms with Gasteiger partial charge in [0.25, 0.3) is 5.91 Å². The van der Waals surface area contributed by atoms with Gasteiger partial charge in [0, 0.05) is 22.9 Å². The summed E-state index contributed by atoms with van der Waals surface area (Å²) >= 11 is 0. The van der Waals surface area contributed by atoms with Crippen LogP contribution in [0.4, 0.5) is 10.1 Å². The van der Waals surface area contributed by atoms with Crippen LogP contribution >= 0.6 is 0 Å². The molecule has 1 amide bonds. The van der Waals surface area contributed by atoms with Crippen LogP contribution in [0.25, 0.3) is 22.5 Å². The Morgan fingerprint density at radius 3 is 2.55 bits per heavy atom. The molecule has 6 heteroatoms. The van der Waals surface area contributed by atoms with E-state index < -0.39 is 0 Å². The quantitative estimate of drug-likeness (QED) is 0.364. The number of carbonyl (C=O) groups is 1. The molecule has 1 aliphatic carbocycles. The molecule has 0 saturated heterocycles. The molecule has 2 heterocycles. The average Bonchev–Trinajstić information content (AvgIpc) is 3.57. The maximum absolute atomic E-state index is 13.6. The summed E-state index contributed by atoms with van der Waals surface area (Å²) in [7, 11) is 0. The van der Waals surface area contributed by atoms with Gasteiger partial charge in [-0.25, -0.2) is 9.37 Å². The SMILES string of the molecule is Cc1cc(C)c(-c2c(-c3ccc(F)cc3)ncn2C2CCCC2)cc1NC(=O)c1ccco1. The molecule has 0 atom stereocenters. The smallest absolute Gasteiger partial charge is 0.291 e. The van der Waals surface area contributed by atoms with Crippen LogP contribution in [-0.4, -0.2) is 15.5 Å². The second-order valence-corrected chi connectivity index (χ2v) is 8.71. The molecule has 0 bridgehead atoms. The first-order valence-corrected chi connectivity index (χ1v) is 11.3. The molecule has 0 unspecified atom stereocenters. The Morgan fingerprint density at radius 1 is 1.09 bits per heavy atom. The number of nitrogens with one attached hydrogen (secondary N) is 1. The third kappa shape index (κ3) is 4.09. The van der Waals surface area contributed by atoms with E-state index in [4.69, 9.17) is 9.40 Å². The highest BCUT2D eigenvalue weighted by Crippen LogP contribution is 2.40. The fraction of sp³-hybridized carbons (Fsp3) is 0.259. The maximum Gasteiger partial charge on any atom is 0.291 e. The lowest BCUT2D eigenvalue weighted by Gasteiger charge is -2.20. The number of nitrogens with zero attached hydrogens (tertiary/aromatic N) is 2. The monoisotopic (exact) mass is 443 g/mol. The van der Waals surface area contributed by atoms with Crippen molar-refractivity contribution in [2.75, 3.05) is 5.32 Å². The molecular formula is C27H26FN3O2. The van der Waals surface area contributed by atoms with E-state index in [1.807, 2.05) is 19.3 Å². The van der Waals surface area contributed by atoms with Crippen molar-refractivity contribution in [3.8, 4) is 22.5 Å². The normalized spacial score (nSPS) is 14.0. The Bertz CT molecular complexity index is 1280. The van der Waals surface area contributed by atoms with E-state index in [0.29, 0.717) is 6.04 Å². The topological polar surface area (TPSA) is 60.1 Å². The van der Waals surface area contributed by atoms with Gasteiger partial charge < -0.3 is 14.3 Å². The van der Waals surface area contributed by atoms with Gasteiger partial charge >= 0.3 is 0 Å². The number of rotatable bonds is 5. The van der Waals surface area contributed by atoms with Crippen LogP contribution < -0.4 is 5.32 Å². The minimum atomic E-state index is -0.291. The van der Waals surface area contributed by atoms with Crippen molar-refractivity contribution in [1.29, 1.82) is 0 Å². The largest absolute Gasteiger partial charge is 0.459 e. The molecule has 2 aromatic heterocycles. The molecular weight excluding hydrogens is 417 g/mol. The molecule has 1 N–H and O–H groups in total. The van der Waals surface area contributed by atoms with Crippen LogP contribution in [0.1, 0.15) is 53.4 Å². The van der Waals surface area contributed by atoms with Crippen molar-refractivity contribution in [3.63, 3.8) is 0 Å². The van der Waals surface area contributed by atoms with E-state index in [1.165, 1.54) is 31.2 Å². The van der Waals surface area contributed by atoms with Crippen LogP contribution in [-0.2, 0) is 0 Å². The highest BCUT2D eigenvalue weighted by atomic mass is 19.1. The Morgan fingerprint density at radius 2 is 1.85 bits per heavy atom. The molecule has 33 heavy (non-hydrogen) atoms. The highest BCUT2D eigenvalue weighted by Gasteiger charge is 2.25. The van der Waals surface area contributed by atoms with E-state index in [0.717, 1.165) is 52.2 Å². The number of benzene rings is 2. The van der Waals surface area contributed by atoms with Gasteiger partial charge in [0.15, 0.2) is 5.76 Å². The van der Waals surface area contributed by atoms with Gasteiger partial charge in [0.1, 0.15) is 5.82 Å². The average molecular weight is 444 g/mol. The summed E-state index contributed by atoms with van der Waals surface area (Å²) in [5.41, 5.74) is 6.46. The predicted molar refractivity (Wildman–Crippen MR) is 127 cm³/mol. The van der Waals surface area contributed by atoms with Crippen molar-refractivity contribution in [1.82, 2.24) is 9.55 Å². The zero-order valence-corrected chi connectivity index (χ0v) is 18.8. The van der Waals surface area contributed by atoms with E-state index in [2.05, 4.69) is 22.9 Å². The third-order valence-corrected chi connectivity index (χ3v) is 6.45. The lowest BCUT2D eigenvalue weighted by molar-refractivity contribution is 0.0996. The van der Waals surface area contributed by atoms with E-state index >= 15 is 0 Å². The van der Waals surface area contributed by atoms with E-state index in [-0.39, 0.29) is 17.5 Å². The molecule has 1 fully saturated rings. The van der Waals surface area contributed by atoms with Gasteiger partial charge in [-0.2, -0.15) is 0 Å². The molecule has 0 radical (unpaired) electrons. The van der Waals surface area contributed by atoms with Crippen molar-refractivity contribution >= 4 is 11.6 Å². The van der Waals surface area contributed by atoms with Gasteiger partial charge in [-0.05, 0) is 80.3 Å². The van der Waals surface area contributed by atoms with Crippen molar-refractivity contribution in [2.24, 2.45) is 0 Å². The number of carbonyl (C=O) groups excluding carboxylic acids is 1. The summed E-state index contributed by atoms with van der Waals surface area (Å²) in [5.74, 6) is -0.301. The Kier molecular flexibility index (Phi) is 5.58. The van der Waals surface area contributed by atoms with Crippen molar-refractivity contribution in [2.45, 2.75) is 45.6 Å². The minimum absolute atomic E-state index is 0.263. The summed E-state index contributed by atoms with van der Waals surface area (Å²) < 4.78 is 21.1. The molecule has 1 saturated carbocycles. The second kappa shape index (κ2) is 8.70. The Balaban J connectivity index is 1.63. The van der Waals surface area contributed by atoms with Crippen LogP contribution in [0.15, 0.2) is 65.5 Å². The lowest BCUT2D eigenvalue weighted by Crippen LogP contribution is -2.12. The van der Waals surface area contributed by atoms with E-state index in [9.17, 15) is 9.18 Å². The number of hydrogen-bond donors (Lipinski definition) is 1. The summed E-state index contributed by atoms with van der Waals surface area (Å²) in [6.07, 6.45) is 8.01. The number of halogens is 1. The standard InChI is InChI=1S/C27H26FN3O2/c1-17-14-18(2)23(30-27(32)24-8-5-13-33-24)15-22(17)26-25(19-9-11-20(28)12-10-19)29-16-31(26)21-6-3-4-7-21/h5,8-16,21H,3-4,6-7H2,1-2H3,(H,30,32). The Labute approximate surface area is 192 Å². The van der Waals surface area contributed by atoms with Crippen LogP contribution in [0, 0.1) is 19.7 Å². The summed E-state index contributed by atoms with van der Waals surface area (Å²) in [6.45, 7) is 4.05. The second-order valence-electron chi connectivity index (χ2n) is 8.71. The van der Waals surface area contributed by atoms with Crippen LogP contribution in [0.3, 0.4) is 0 Å². The first-order chi connectivity index (χ1) is 16.0. The maximum atomic E-state index is 13.6. The van der Waals surface area contributed by atoms with E-state index in [1.54, 1.807) is 24.3 Å². The van der Waals surface area contributed by atoms with Crippen LogP contribution in [0.2, 0.25) is 0 Å². The van der Waals surface area contributed by atoms with Crippen molar-refractivity contribution < 1.29 is 13.6 Å². The number of imidazole rings is 1. The fourth-order valence-electron chi connectivity index (χ4n) is 4.74. The zero-order valence-electron chi connectivity index (χ0n) is 18.8. The predicted octanol–water partition coefficient (Wildman–Crippen LogP) is 6.93. The molecule has 0 aliphatic heterocycles. The molecule has 5 nitrogen and oxygen atoms in total. The summed E-state index contributed by atoms with van der Waals surface area (Å²) in [6, 6.07) is 14.3. The summed E-state index contributed by atoms with van der Waals surface area (Å²) in [4.78, 5) is 17.4. The number of anilines is 1. The van der Waals surface area contributed by atoms with Gasteiger partial charge in [-0.1, -0.05) is 18.9 Å². The zero-order chi connectivity index (χ0) is 22.9. The first kappa shape index (κ1) is 21.2. The number of furan rings is 1. The third-order valence-electron chi connectivity index (χ3n) is 6.45. The molecule has 5 rings (SSSR count). The summed E-state index contributed by atoms with van der Waals surface area (Å²) in [5, 5.41) is 2.99. The first-order valence-electron chi connectivity index (χ1n) is 11.3. The Hall–Kier alpha value is -3.67. The van der Waals surface area contributed by atoms with Gasteiger partial charge in [-0.15, -0.1) is 0 Å². The lowest BCUT2D eigenvalue weighted by atomic mass is 9.97. The highest BCUT2D eigenvalue weighted by molar-refractivity contribution is 6.03. The van der Waals surface area contributed by atoms with Crippen LogP contribution in [0.5, 0.6) is 0 Å².